The van der Waals surface area contributed by atoms with Crippen molar-refractivity contribution in [3.63, 3.8) is 0 Å². The number of hydrogen-bond donors (Lipinski definition) is 1. The van der Waals surface area contributed by atoms with Crippen LogP contribution in [0.1, 0.15) is 37.8 Å². The Morgan fingerprint density at radius 3 is 2.65 bits per heavy atom. The van der Waals surface area contributed by atoms with Gasteiger partial charge in [0, 0.05) is 19.1 Å². The Balaban J connectivity index is 2.37. The second kappa shape index (κ2) is 5.84. The van der Waals surface area contributed by atoms with Gasteiger partial charge in [-0.25, -0.2) is 8.42 Å². The van der Waals surface area contributed by atoms with Gasteiger partial charge in [0.1, 0.15) is 0 Å². The lowest BCUT2D eigenvalue weighted by Gasteiger charge is -2.27. The van der Waals surface area contributed by atoms with Gasteiger partial charge in [0.25, 0.3) is 0 Å². The van der Waals surface area contributed by atoms with E-state index in [1.54, 1.807) is 16.4 Å². The molecule has 1 saturated heterocycles. The highest BCUT2D eigenvalue weighted by Gasteiger charge is 2.36. The highest BCUT2D eigenvalue weighted by atomic mass is 32.2. The predicted octanol–water partition coefficient (Wildman–Crippen LogP) is 2.26. The summed E-state index contributed by atoms with van der Waals surface area (Å²) in [7, 11) is -3.39. The van der Waals surface area contributed by atoms with Crippen molar-refractivity contribution in [2.24, 2.45) is 11.7 Å². The highest BCUT2D eigenvalue weighted by Crippen LogP contribution is 2.30. The van der Waals surface area contributed by atoms with Crippen molar-refractivity contribution in [2.45, 2.75) is 51.1 Å². The molecule has 1 heterocycles. The van der Waals surface area contributed by atoms with Crippen molar-refractivity contribution < 1.29 is 8.42 Å². The van der Waals surface area contributed by atoms with Crippen molar-refractivity contribution in [1.82, 2.24) is 4.31 Å². The molecule has 1 aromatic rings. The molecule has 112 valence electrons. The van der Waals surface area contributed by atoms with E-state index in [-0.39, 0.29) is 6.04 Å². The van der Waals surface area contributed by atoms with Crippen LogP contribution in [0.3, 0.4) is 0 Å². The van der Waals surface area contributed by atoms with Gasteiger partial charge in [-0.05, 0) is 48.9 Å². The van der Waals surface area contributed by atoms with E-state index in [2.05, 4.69) is 13.8 Å². The normalized spacial score (nSPS) is 20.8. The van der Waals surface area contributed by atoms with E-state index in [1.807, 2.05) is 13.0 Å². The molecular weight excluding hydrogens is 272 g/mol. The summed E-state index contributed by atoms with van der Waals surface area (Å²) in [5.74, 6) is 0.344. The second-order valence-corrected chi connectivity index (χ2v) is 7.75. The Kier molecular flexibility index (Phi) is 4.52. The Labute approximate surface area is 122 Å². The van der Waals surface area contributed by atoms with Gasteiger partial charge < -0.3 is 5.73 Å². The molecule has 0 aromatic heterocycles. The van der Waals surface area contributed by atoms with Gasteiger partial charge in [-0.1, -0.05) is 19.9 Å². The Morgan fingerprint density at radius 1 is 1.40 bits per heavy atom. The standard InChI is InChI=1S/C15H24N2O2S/c1-11(2)15-5-4-8-17(15)20(18,19)14-7-6-13(10-16)12(3)9-14/h6-7,9,11,15H,4-5,8,10,16H2,1-3H3. The molecule has 5 heteroatoms. The van der Waals surface area contributed by atoms with Crippen LogP contribution in [-0.4, -0.2) is 25.3 Å². The van der Waals surface area contributed by atoms with Crippen LogP contribution < -0.4 is 5.73 Å². The van der Waals surface area contributed by atoms with Gasteiger partial charge >= 0.3 is 0 Å². The molecule has 0 radical (unpaired) electrons. The van der Waals surface area contributed by atoms with Crippen molar-refractivity contribution in [1.29, 1.82) is 0 Å². The first kappa shape index (κ1) is 15.5. The van der Waals surface area contributed by atoms with E-state index in [0.717, 1.165) is 24.0 Å². The van der Waals surface area contributed by atoms with E-state index in [9.17, 15) is 8.42 Å². The highest BCUT2D eigenvalue weighted by molar-refractivity contribution is 7.89. The van der Waals surface area contributed by atoms with E-state index in [4.69, 9.17) is 5.73 Å². The van der Waals surface area contributed by atoms with Crippen LogP contribution in [0.4, 0.5) is 0 Å². The zero-order valence-corrected chi connectivity index (χ0v) is 13.3. The molecule has 1 atom stereocenters. The second-order valence-electron chi connectivity index (χ2n) is 5.86. The number of aryl methyl sites for hydroxylation is 1. The quantitative estimate of drug-likeness (QED) is 0.927. The average molecular weight is 296 g/mol. The largest absolute Gasteiger partial charge is 0.326 e. The zero-order valence-electron chi connectivity index (χ0n) is 12.5. The van der Waals surface area contributed by atoms with E-state index >= 15 is 0 Å². The summed E-state index contributed by atoms with van der Waals surface area (Å²) in [6.45, 7) is 7.14. The Bertz CT molecular complexity index is 582. The Hall–Kier alpha value is -0.910. The fourth-order valence-electron chi connectivity index (χ4n) is 2.92. The van der Waals surface area contributed by atoms with Crippen LogP contribution in [0.15, 0.2) is 23.1 Å². The molecule has 1 aliphatic rings. The van der Waals surface area contributed by atoms with Gasteiger partial charge in [0.2, 0.25) is 10.0 Å². The summed E-state index contributed by atoms with van der Waals surface area (Å²) < 4.78 is 27.3. The summed E-state index contributed by atoms with van der Waals surface area (Å²) in [6, 6.07) is 5.37. The molecule has 1 fully saturated rings. The van der Waals surface area contributed by atoms with Gasteiger partial charge in [-0.3, -0.25) is 0 Å². The predicted molar refractivity (Wildman–Crippen MR) is 80.8 cm³/mol. The SMILES string of the molecule is Cc1cc(S(=O)(=O)N2CCCC2C(C)C)ccc1CN. The minimum Gasteiger partial charge on any atom is -0.326 e. The van der Waals surface area contributed by atoms with Gasteiger partial charge in [-0.15, -0.1) is 0 Å². The molecule has 0 amide bonds. The van der Waals surface area contributed by atoms with Crippen molar-refractivity contribution in [2.75, 3.05) is 6.54 Å². The van der Waals surface area contributed by atoms with Gasteiger partial charge in [0.15, 0.2) is 0 Å². The lowest BCUT2D eigenvalue weighted by molar-refractivity contribution is 0.316. The number of sulfonamides is 1. The topological polar surface area (TPSA) is 63.4 Å². The smallest absolute Gasteiger partial charge is 0.243 e. The van der Waals surface area contributed by atoms with Crippen molar-refractivity contribution in [3.8, 4) is 0 Å². The maximum absolute atomic E-state index is 12.8. The number of rotatable bonds is 4. The molecule has 0 saturated carbocycles. The van der Waals surface area contributed by atoms with Crippen LogP contribution in [0.25, 0.3) is 0 Å². The molecule has 1 aromatic carbocycles. The molecule has 4 nitrogen and oxygen atoms in total. The number of nitrogens with two attached hydrogens (primary N) is 1. The molecule has 2 N–H and O–H groups in total. The number of benzene rings is 1. The first-order valence-corrected chi connectivity index (χ1v) is 8.63. The molecule has 0 bridgehead atoms. The molecule has 1 unspecified atom stereocenters. The summed E-state index contributed by atoms with van der Waals surface area (Å²) in [5.41, 5.74) is 7.56. The monoisotopic (exact) mass is 296 g/mol. The number of hydrogen-bond acceptors (Lipinski definition) is 3. The van der Waals surface area contributed by atoms with Crippen molar-refractivity contribution >= 4 is 10.0 Å². The van der Waals surface area contributed by atoms with E-state index < -0.39 is 10.0 Å². The maximum Gasteiger partial charge on any atom is 0.243 e. The van der Waals surface area contributed by atoms with Crippen molar-refractivity contribution in [3.05, 3.63) is 29.3 Å². The molecule has 0 aliphatic carbocycles. The molecule has 2 rings (SSSR count). The van der Waals surface area contributed by atoms with Gasteiger partial charge in [-0.2, -0.15) is 4.31 Å². The van der Waals surface area contributed by atoms with Crippen LogP contribution in [0.2, 0.25) is 0 Å². The summed E-state index contributed by atoms with van der Waals surface area (Å²) in [5, 5.41) is 0. The molecule has 0 spiro atoms. The van der Waals surface area contributed by atoms with Gasteiger partial charge in [0.05, 0.1) is 4.90 Å². The number of nitrogens with zero attached hydrogens (tertiary/aromatic N) is 1. The summed E-state index contributed by atoms with van der Waals surface area (Å²) in [6.07, 6.45) is 1.90. The summed E-state index contributed by atoms with van der Waals surface area (Å²) in [4.78, 5) is 0.389. The third kappa shape index (κ3) is 2.75. The van der Waals surface area contributed by atoms with Crippen LogP contribution in [0.5, 0.6) is 0 Å². The van der Waals surface area contributed by atoms with E-state index in [0.29, 0.717) is 23.9 Å². The lowest BCUT2D eigenvalue weighted by atomic mass is 10.0. The minimum atomic E-state index is -3.39. The maximum atomic E-state index is 12.8. The van der Waals surface area contributed by atoms with Crippen LogP contribution in [-0.2, 0) is 16.6 Å². The van der Waals surface area contributed by atoms with E-state index in [1.165, 1.54) is 0 Å². The van der Waals surface area contributed by atoms with Crippen LogP contribution >= 0.6 is 0 Å². The third-order valence-electron chi connectivity index (χ3n) is 4.16. The molecule has 20 heavy (non-hydrogen) atoms. The average Bonchev–Trinajstić information content (AvgIpc) is 2.88. The minimum absolute atomic E-state index is 0.120. The zero-order chi connectivity index (χ0) is 14.9. The molecular formula is C15H24N2O2S. The lowest BCUT2D eigenvalue weighted by Crippen LogP contribution is -2.38. The molecule has 1 aliphatic heterocycles. The summed E-state index contributed by atoms with van der Waals surface area (Å²) >= 11 is 0. The third-order valence-corrected chi connectivity index (χ3v) is 6.08. The van der Waals surface area contributed by atoms with Crippen LogP contribution in [0, 0.1) is 12.8 Å². The first-order chi connectivity index (χ1) is 9.37. The fraction of sp³-hybridized carbons (Fsp3) is 0.600. The first-order valence-electron chi connectivity index (χ1n) is 7.19. The Morgan fingerprint density at radius 2 is 2.10 bits per heavy atom. The fourth-order valence-corrected chi connectivity index (χ4v) is 4.83.